The summed E-state index contributed by atoms with van der Waals surface area (Å²) in [5.41, 5.74) is 5.62. The van der Waals surface area contributed by atoms with Crippen molar-refractivity contribution >= 4 is 21.6 Å². The SMILES string of the molecule is Cc1ccc([C@@H](NC(=O)c2ccc(NS(=O)(=O)c3ccc(C)cc3)c(C)c2)c2ccccc2)cc1. The highest BCUT2D eigenvalue weighted by atomic mass is 32.2. The van der Waals surface area contributed by atoms with E-state index in [1.54, 1.807) is 49.4 Å². The maximum Gasteiger partial charge on any atom is 0.261 e. The van der Waals surface area contributed by atoms with Crippen LogP contribution in [0, 0.1) is 20.8 Å². The molecule has 0 heterocycles. The number of sulfonamides is 1. The molecular formula is C29H28N2O3S. The van der Waals surface area contributed by atoms with Gasteiger partial charge in [-0.1, -0.05) is 77.9 Å². The Morgan fingerprint density at radius 3 is 1.89 bits per heavy atom. The summed E-state index contributed by atoms with van der Waals surface area (Å²) in [5.74, 6) is -0.240. The van der Waals surface area contributed by atoms with E-state index in [-0.39, 0.29) is 16.8 Å². The number of benzene rings is 4. The van der Waals surface area contributed by atoms with E-state index in [1.165, 1.54) is 0 Å². The predicted molar refractivity (Wildman–Crippen MR) is 140 cm³/mol. The van der Waals surface area contributed by atoms with Crippen LogP contribution < -0.4 is 10.0 Å². The number of rotatable bonds is 7. The van der Waals surface area contributed by atoms with Gasteiger partial charge in [0.2, 0.25) is 0 Å². The highest BCUT2D eigenvalue weighted by molar-refractivity contribution is 7.92. The molecule has 4 aromatic carbocycles. The zero-order valence-electron chi connectivity index (χ0n) is 19.9. The third kappa shape index (κ3) is 5.78. The Labute approximate surface area is 206 Å². The number of aryl methyl sites for hydroxylation is 3. The Hall–Kier alpha value is -3.90. The number of hydrogen-bond donors (Lipinski definition) is 2. The molecule has 0 fully saturated rings. The van der Waals surface area contributed by atoms with Crippen molar-refractivity contribution in [3.63, 3.8) is 0 Å². The van der Waals surface area contributed by atoms with Gasteiger partial charge in [0.15, 0.2) is 0 Å². The van der Waals surface area contributed by atoms with Crippen molar-refractivity contribution in [2.75, 3.05) is 4.72 Å². The van der Waals surface area contributed by atoms with Crippen LogP contribution in [0.3, 0.4) is 0 Å². The highest BCUT2D eigenvalue weighted by Gasteiger charge is 2.19. The van der Waals surface area contributed by atoms with Gasteiger partial charge in [-0.2, -0.15) is 0 Å². The summed E-state index contributed by atoms with van der Waals surface area (Å²) in [6.07, 6.45) is 0. The first-order valence-electron chi connectivity index (χ1n) is 11.4. The van der Waals surface area contributed by atoms with Gasteiger partial charge in [-0.25, -0.2) is 8.42 Å². The summed E-state index contributed by atoms with van der Waals surface area (Å²) in [6, 6.07) is 29.2. The molecule has 1 atom stereocenters. The monoisotopic (exact) mass is 484 g/mol. The molecule has 178 valence electrons. The van der Waals surface area contributed by atoms with Gasteiger partial charge in [-0.05, 0) is 67.8 Å². The molecule has 0 bridgehead atoms. The van der Waals surface area contributed by atoms with E-state index >= 15 is 0 Å². The molecule has 0 saturated carbocycles. The Kier molecular flexibility index (Phi) is 7.03. The molecule has 0 aliphatic heterocycles. The summed E-state index contributed by atoms with van der Waals surface area (Å²) < 4.78 is 28.2. The van der Waals surface area contributed by atoms with Gasteiger partial charge < -0.3 is 5.32 Å². The van der Waals surface area contributed by atoms with Crippen molar-refractivity contribution in [3.8, 4) is 0 Å². The average molecular weight is 485 g/mol. The lowest BCUT2D eigenvalue weighted by Crippen LogP contribution is -2.29. The van der Waals surface area contributed by atoms with Crippen LogP contribution in [0.1, 0.15) is 44.2 Å². The lowest BCUT2D eigenvalue weighted by Gasteiger charge is -2.20. The average Bonchev–Trinajstić information content (AvgIpc) is 2.85. The van der Waals surface area contributed by atoms with Gasteiger partial charge in [-0.15, -0.1) is 0 Å². The first-order chi connectivity index (χ1) is 16.7. The number of nitrogens with one attached hydrogen (secondary N) is 2. The number of carbonyl (C=O) groups is 1. The van der Waals surface area contributed by atoms with Crippen molar-refractivity contribution < 1.29 is 13.2 Å². The van der Waals surface area contributed by atoms with Crippen LogP contribution in [-0.4, -0.2) is 14.3 Å². The highest BCUT2D eigenvalue weighted by Crippen LogP contribution is 2.25. The summed E-state index contributed by atoms with van der Waals surface area (Å²) >= 11 is 0. The Bertz CT molecular complexity index is 1430. The molecule has 5 nitrogen and oxygen atoms in total. The molecule has 4 rings (SSSR count). The van der Waals surface area contributed by atoms with Crippen molar-refractivity contribution in [2.45, 2.75) is 31.7 Å². The molecular weight excluding hydrogens is 456 g/mol. The van der Waals surface area contributed by atoms with Crippen LogP contribution in [0.25, 0.3) is 0 Å². The van der Waals surface area contributed by atoms with Crippen molar-refractivity contribution in [1.29, 1.82) is 0 Å². The first-order valence-corrected chi connectivity index (χ1v) is 12.8. The fraction of sp³-hybridized carbons (Fsp3) is 0.138. The van der Waals surface area contributed by atoms with Crippen LogP contribution in [-0.2, 0) is 10.0 Å². The standard InChI is InChI=1S/C29H28N2O3S/c1-20-9-13-24(14-10-20)28(23-7-5-4-6-8-23)30-29(32)25-15-18-27(22(3)19-25)31-35(33,34)26-16-11-21(2)12-17-26/h4-19,28,31H,1-3H3,(H,30,32)/t28-/m0/s1. The number of amides is 1. The molecule has 4 aromatic rings. The third-order valence-corrected chi connectivity index (χ3v) is 7.26. The zero-order valence-corrected chi connectivity index (χ0v) is 20.8. The largest absolute Gasteiger partial charge is 0.341 e. The molecule has 0 aliphatic carbocycles. The number of carbonyl (C=O) groups excluding carboxylic acids is 1. The van der Waals surface area contributed by atoms with Gasteiger partial charge in [-0.3, -0.25) is 9.52 Å². The summed E-state index contributed by atoms with van der Waals surface area (Å²) in [7, 11) is -3.73. The summed E-state index contributed by atoms with van der Waals surface area (Å²) in [4.78, 5) is 13.4. The smallest absolute Gasteiger partial charge is 0.261 e. The van der Waals surface area contributed by atoms with Gasteiger partial charge in [0.25, 0.3) is 15.9 Å². The maximum absolute atomic E-state index is 13.2. The van der Waals surface area contributed by atoms with E-state index in [1.807, 2.05) is 68.4 Å². The molecule has 0 radical (unpaired) electrons. The van der Waals surface area contributed by atoms with Gasteiger partial charge in [0.05, 0.1) is 16.6 Å². The minimum absolute atomic E-state index is 0.188. The molecule has 1 amide bonds. The minimum atomic E-state index is -3.73. The second kappa shape index (κ2) is 10.2. The van der Waals surface area contributed by atoms with Crippen LogP contribution in [0.5, 0.6) is 0 Å². The second-order valence-corrected chi connectivity index (χ2v) is 10.4. The van der Waals surface area contributed by atoms with E-state index in [4.69, 9.17) is 0 Å². The van der Waals surface area contributed by atoms with Crippen LogP contribution in [0.15, 0.2) is 102 Å². The lowest BCUT2D eigenvalue weighted by atomic mass is 9.97. The lowest BCUT2D eigenvalue weighted by molar-refractivity contribution is 0.0943. The van der Waals surface area contributed by atoms with E-state index in [0.717, 1.165) is 22.3 Å². The summed E-state index contributed by atoms with van der Waals surface area (Å²) in [5, 5.41) is 3.13. The first kappa shape index (κ1) is 24.2. The van der Waals surface area contributed by atoms with Crippen LogP contribution in [0.2, 0.25) is 0 Å². The Balaban J connectivity index is 1.56. The summed E-state index contributed by atoms with van der Waals surface area (Å²) in [6.45, 7) is 5.70. The molecule has 0 spiro atoms. The fourth-order valence-electron chi connectivity index (χ4n) is 3.82. The molecule has 35 heavy (non-hydrogen) atoms. The maximum atomic E-state index is 13.2. The zero-order chi connectivity index (χ0) is 25.0. The predicted octanol–water partition coefficient (Wildman–Crippen LogP) is 5.93. The van der Waals surface area contributed by atoms with E-state index < -0.39 is 10.0 Å². The fourth-order valence-corrected chi connectivity index (χ4v) is 4.95. The number of hydrogen-bond acceptors (Lipinski definition) is 3. The molecule has 0 unspecified atom stereocenters. The van der Waals surface area contributed by atoms with Crippen molar-refractivity contribution in [1.82, 2.24) is 5.32 Å². The van der Waals surface area contributed by atoms with Crippen molar-refractivity contribution in [2.24, 2.45) is 0 Å². The minimum Gasteiger partial charge on any atom is -0.341 e. The van der Waals surface area contributed by atoms with Crippen LogP contribution in [0.4, 0.5) is 5.69 Å². The molecule has 0 saturated heterocycles. The van der Waals surface area contributed by atoms with Crippen molar-refractivity contribution in [3.05, 3.63) is 130 Å². The number of anilines is 1. The normalized spacial score (nSPS) is 12.1. The van der Waals surface area contributed by atoms with Gasteiger partial charge in [0, 0.05) is 5.56 Å². The Morgan fingerprint density at radius 2 is 1.29 bits per heavy atom. The molecule has 2 N–H and O–H groups in total. The van der Waals surface area contributed by atoms with Gasteiger partial charge in [0.1, 0.15) is 0 Å². The van der Waals surface area contributed by atoms with E-state index in [0.29, 0.717) is 16.8 Å². The van der Waals surface area contributed by atoms with Gasteiger partial charge >= 0.3 is 0 Å². The third-order valence-electron chi connectivity index (χ3n) is 5.88. The molecule has 0 aromatic heterocycles. The second-order valence-electron chi connectivity index (χ2n) is 8.68. The molecule has 0 aliphatic rings. The van der Waals surface area contributed by atoms with E-state index in [2.05, 4.69) is 10.0 Å². The molecule has 6 heteroatoms. The van der Waals surface area contributed by atoms with E-state index in [9.17, 15) is 13.2 Å². The quantitative estimate of drug-likeness (QED) is 0.341. The topological polar surface area (TPSA) is 75.3 Å². The Morgan fingerprint density at radius 1 is 0.714 bits per heavy atom. The van der Waals surface area contributed by atoms with Crippen LogP contribution >= 0.6 is 0 Å².